The number of hydrogen-bond acceptors (Lipinski definition) is 5. The quantitative estimate of drug-likeness (QED) is 0.342. The maximum absolute atomic E-state index is 8.52. The highest BCUT2D eigenvalue weighted by Crippen LogP contribution is 2.11. The third-order valence-electron chi connectivity index (χ3n) is 2.07. The fourth-order valence-corrected chi connectivity index (χ4v) is 1.80. The van der Waals surface area contributed by atoms with Gasteiger partial charge in [0.05, 0.1) is 12.1 Å². The molecule has 0 saturated carbocycles. The summed E-state index contributed by atoms with van der Waals surface area (Å²) in [5.41, 5.74) is 7.29. The zero-order valence-corrected chi connectivity index (χ0v) is 9.74. The van der Waals surface area contributed by atoms with Crippen LogP contribution in [-0.2, 0) is 6.54 Å². The Bertz CT molecular complexity index is 310. The van der Waals surface area contributed by atoms with Gasteiger partial charge in [0.2, 0.25) is 0 Å². The van der Waals surface area contributed by atoms with E-state index < -0.39 is 0 Å². The first kappa shape index (κ1) is 11.9. The number of nitrogens with two attached hydrogens (primary N) is 1. The van der Waals surface area contributed by atoms with Gasteiger partial charge in [0, 0.05) is 23.7 Å². The number of aromatic nitrogens is 1. The number of nitrogens with zero attached hydrogens (tertiary/aromatic N) is 3. The molecular weight excluding hydrogens is 212 g/mol. The monoisotopic (exact) mass is 228 g/mol. The Balaban J connectivity index is 2.59. The molecule has 0 saturated heterocycles. The molecule has 0 aliphatic carbocycles. The second kappa shape index (κ2) is 5.67. The van der Waals surface area contributed by atoms with Gasteiger partial charge in [-0.3, -0.25) is 9.88 Å². The Morgan fingerprint density at radius 3 is 2.93 bits per heavy atom. The Kier molecular flexibility index (Phi) is 4.51. The van der Waals surface area contributed by atoms with E-state index in [4.69, 9.17) is 10.9 Å². The van der Waals surface area contributed by atoms with Crippen LogP contribution in [-0.4, -0.2) is 33.5 Å². The van der Waals surface area contributed by atoms with E-state index in [-0.39, 0.29) is 5.84 Å². The lowest BCUT2D eigenvalue weighted by Crippen LogP contribution is -2.37. The number of oxime groups is 1. The van der Waals surface area contributed by atoms with E-state index in [0.717, 1.165) is 6.54 Å². The van der Waals surface area contributed by atoms with Gasteiger partial charge in [0.1, 0.15) is 0 Å². The SMILES string of the molecule is CC(C)N(CC(N)=NO)Cc1cncs1. The van der Waals surface area contributed by atoms with Gasteiger partial charge in [-0.15, -0.1) is 11.3 Å². The Morgan fingerprint density at radius 2 is 2.47 bits per heavy atom. The van der Waals surface area contributed by atoms with Crippen LogP contribution in [0, 0.1) is 0 Å². The van der Waals surface area contributed by atoms with Gasteiger partial charge in [-0.25, -0.2) is 0 Å². The van der Waals surface area contributed by atoms with Crippen LogP contribution >= 0.6 is 11.3 Å². The van der Waals surface area contributed by atoms with Gasteiger partial charge in [-0.2, -0.15) is 0 Å². The standard InChI is InChI=1S/C9H16N4OS/c1-7(2)13(5-9(10)12-14)4-8-3-11-6-15-8/h3,6-7,14H,4-5H2,1-2H3,(H2,10,12). The Labute approximate surface area is 93.2 Å². The average Bonchev–Trinajstić information content (AvgIpc) is 2.69. The molecule has 5 nitrogen and oxygen atoms in total. The molecule has 1 heterocycles. The molecule has 1 aromatic heterocycles. The summed E-state index contributed by atoms with van der Waals surface area (Å²) in [5.74, 6) is 0.230. The lowest BCUT2D eigenvalue weighted by Gasteiger charge is -2.24. The van der Waals surface area contributed by atoms with Crippen LogP contribution in [0.2, 0.25) is 0 Å². The molecule has 0 unspecified atom stereocenters. The van der Waals surface area contributed by atoms with E-state index in [9.17, 15) is 0 Å². The van der Waals surface area contributed by atoms with Crippen molar-refractivity contribution in [3.8, 4) is 0 Å². The molecule has 1 aromatic rings. The van der Waals surface area contributed by atoms with Gasteiger partial charge >= 0.3 is 0 Å². The maximum Gasteiger partial charge on any atom is 0.153 e. The summed E-state index contributed by atoms with van der Waals surface area (Å²) in [5, 5.41) is 11.5. The molecule has 6 heteroatoms. The van der Waals surface area contributed by atoms with Crippen LogP contribution in [0.4, 0.5) is 0 Å². The Morgan fingerprint density at radius 1 is 1.73 bits per heavy atom. The van der Waals surface area contributed by atoms with Crippen LogP contribution in [0.5, 0.6) is 0 Å². The number of amidine groups is 1. The minimum absolute atomic E-state index is 0.230. The predicted molar refractivity (Wildman–Crippen MR) is 61.1 cm³/mol. The summed E-state index contributed by atoms with van der Waals surface area (Å²) in [6, 6.07) is 0.340. The molecule has 0 aliphatic rings. The molecule has 0 radical (unpaired) electrons. The van der Waals surface area contributed by atoms with Crippen LogP contribution in [0.15, 0.2) is 16.9 Å². The molecule has 0 amide bonds. The van der Waals surface area contributed by atoms with Crippen molar-refractivity contribution in [2.45, 2.75) is 26.4 Å². The van der Waals surface area contributed by atoms with E-state index in [1.807, 2.05) is 6.20 Å². The highest BCUT2D eigenvalue weighted by Gasteiger charge is 2.12. The van der Waals surface area contributed by atoms with Crippen molar-refractivity contribution in [2.75, 3.05) is 6.54 Å². The van der Waals surface area contributed by atoms with Crippen molar-refractivity contribution < 1.29 is 5.21 Å². The van der Waals surface area contributed by atoms with Gasteiger partial charge in [-0.1, -0.05) is 5.16 Å². The zero-order valence-electron chi connectivity index (χ0n) is 8.92. The normalized spacial score (nSPS) is 12.7. The molecular formula is C9H16N4OS. The second-order valence-corrected chi connectivity index (χ2v) is 4.53. The minimum Gasteiger partial charge on any atom is -0.409 e. The first-order chi connectivity index (χ1) is 7.13. The summed E-state index contributed by atoms with van der Waals surface area (Å²) < 4.78 is 0. The van der Waals surface area contributed by atoms with Crippen molar-refractivity contribution in [2.24, 2.45) is 10.9 Å². The van der Waals surface area contributed by atoms with E-state index in [1.165, 1.54) is 4.88 Å². The third-order valence-corrected chi connectivity index (χ3v) is 2.83. The summed E-state index contributed by atoms with van der Waals surface area (Å²) in [6.45, 7) is 5.39. The van der Waals surface area contributed by atoms with Crippen molar-refractivity contribution in [1.29, 1.82) is 0 Å². The van der Waals surface area contributed by atoms with Gasteiger partial charge in [0.15, 0.2) is 5.84 Å². The first-order valence-corrected chi connectivity index (χ1v) is 5.59. The largest absolute Gasteiger partial charge is 0.409 e. The highest BCUT2D eigenvalue weighted by atomic mass is 32.1. The molecule has 0 aliphatic heterocycles. The summed E-state index contributed by atoms with van der Waals surface area (Å²) in [7, 11) is 0. The molecule has 0 bridgehead atoms. The van der Waals surface area contributed by atoms with Gasteiger partial charge < -0.3 is 10.9 Å². The molecule has 0 fully saturated rings. The lowest BCUT2D eigenvalue weighted by molar-refractivity contribution is 0.240. The average molecular weight is 228 g/mol. The van der Waals surface area contributed by atoms with E-state index in [2.05, 4.69) is 28.9 Å². The molecule has 0 aromatic carbocycles. The molecule has 0 spiro atoms. The molecule has 0 atom stereocenters. The lowest BCUT2D eigenvalue weighted by atomic mass is 10.3. The smallest absolute Gasteiger partial charge is 0.153 e. The van der Waals surface area contributed by atoms with E-state index in [0.29, 0.717) is 12.6 Å². The van der Waals surface area contributed by atoms with Crippen LogP contribution < -0.4 is 5.73 Å². The number of thiazole rings is 1. The first-order valence-electron chi connectivity index (χ1n) is 4.71. The van der Waals surface area contributed by atoms with Crippen molar-refractivity contribution in [1.82, 2.24) is 9.88 Å². The maximum atomic E-state index is 8.52. The topological polar surface area (TPSA) is 74.7 Å². The fraction of sp³-hybridized carbons (Fsp3) is 0.556. The molecule has 3 N–H and O–H groups in total. The summed E-state index contributed by atoms with van der Waals surface area (Å²) in [6.07, 6.45) is 1.84. The Hall–Kier alpha value is -1.14. The molecule has 84 valence electrons. The second-order valence-electron chi connectivity index (χ2n) is 3.56. The predicted octanol–water partition coefficient (Wildman–Crippen LogP) is 1.10. The fourth-order valence-electron chi connectivity index (χ4n) is 1.18. The van der Waals surface area contributed by atoms with Crippen LogP contribution in [0.25, 0.3) is 0 Å². The third kappa shape index (κ3) is 3.85. The highest BCUT2D eigenvalue weighted by molar-refractivity contribution is 7.09. The van der Waals surface area contributed by atoms with E-state index >= 15 is 0 Å². The van der Waals surface area contributed by atoms with Crippen LogP contribution in [0.1, 0.15) is 18.7 Å². The molecule has 1 rings (SSSR count). The number of hydrogen-bond donors (Lipinski definition) is 2. The van der Waals surface area contributed by atoms with Crippen molar-refractivity contribution in [3.63, 3.8) is 0 Å². The van der Waals surface area contributed by atoms with Crippen molar-refractivity contribution in [3.05, 3.63) is 16.6 Å². The van der Waals surface area contributed by atoms with Gasteiger partial charge in [0.25, 0.3) is 0 Å². The zero-order chi connectivity index (χ0) is 11.3. The molecule has 15 heavy (non-hydrogen) atoms. The van der Waals surface area contributed by atoms with Crippen molar-refractivity contribution >= 4 is 17.2 Å². The summed E-state index contributed by atoms with van der Waals surface area (Å²) in [4.78, 5) is 7.30. The van der Waals surface area contributed by atoms with Gasteiger partial charge in [-0.05, 0) is 13.8 Å². The number of rotatable bonds is 5. The minimum atomic E-state index is 0.230. The van der Waals surface area contributed by atoms with Crippen LogP contribution in [0.3, 0.4) is 0 Å². The van der Waals surface area contributed by atoms with E-state index in [1.54, 1.807) is 16.8 Å². The summed E-state index contributed by atoms with van der Waals surface area (Å²) >= 11 is 1.61.